The number of hydrogen-bond donors (Lipinski definition) is 1. The van der Waals surface area contributed by atoms with E-state index < -0.39 is 5.25 Å². The Morgan fingerprint density at radius 1 is 1.17 bits per heavy atom. The first kappa shape index (κ1) is 20.3. The molecular formula is C20H21FN6O2S. The lowest BCUT2D eigenvalue weighted by Crippen LogP contribution is -2.36. The molecule has 0 spiro atoms. The maximum atomic E-state index is 13.5. The van der Waals surface area contributed by atoms with Gasteiger partial charge in [0.2, 0.25) is 11.1 Å². The number of thioether (sulfide) groups is 1. The third-order valence-corrected chi connectivity index (χ3v) is 5.69. The van der Waals surface area contributed by atoms with Crippen LogP contribution in [0.25, 0.3) is 5.69 Å². The van der Waals surface area contributed by atoms with Crippen LogP contribution in [-0.4, -0.2) is 57.7 Å². The first-order valence-electron chi connectivity index (χ1n) is 9.55. The predicted molar refractivity (Wildman–Crippen MR) is 113 cm³/mol. The molecule has 10 heteroatoms. The van der Waals surface area contributed by atoms with E-state index in [-0.39, 0.29) is 11.7 Å². The van der Waals surface area contributed by atoms with Crippen molar-refractivity contribution in [2.45, 2.75) is 17.3 Å². The third kappa shape index (κ3) is 4.77. The van der Waals surface area contributed by atoms with Gasteiger partial charge in [-0.2, -0.15) is 4.68 Å². The molecule has 1 saturated heterocycles. The van der Waals surface area contributed by atoms with Crippen molar-refractivity contribution in [3.05, 3.63) is 54.3 Å². The number of amides is 1. The minimum Gasteiger partial charge on any atom is -0.378 e. The van der Waals surface area contributed by atoms with Gasteiger partial charge in [-0.05, 0) is 59.8 Å². The molecular weight excluding hydrogens is 407 g/mol. The number of ether oxygens (including phenoxy) is 1. The zero-order valence-electron chi connectivity index (χ0n) is 16.4. The summed E-state index contributed by atoms with van der Waals surface area (Å²) >= 11 is 1.20. The molecule has 1 atom stereocenters. The van der Waals surface area contributed by atoms with Crippen molar-refractivity contribution in [3.63, 3.8) is 0 Å². The van der Waals surface area contributed by atoms with Crippen LogP contribution < -0.4 is 10.2 Å². The van der Waals surface area contributed by atoms with Crippen LogP contribution in [-0.2, 0) is 9.53 Å². The Morgan fingerprint density at radius 3 is 2.67 bits per heavy atom. The molecule has 1 fully saturated rings. The Kier molecular flexibility index (Phi) is 6.24. The third-order valence-electron chi connectivity index (χ3n) is 4.66. The van der Waals surface area contributed by atoms with Gasteiger partial charge in [-0.3, -0.25) is 4.79 Å². The van der Waals surface area contributed by atoms with Crippen molar-refractivity contribution in [2.24, 2.45) is 0 Å². The molecule has 2 aromatic carbocycles. The van der Waals surface area contributed by atoms with Gasteiger partial charge in [0.05, 0.1) is 24.2 Å². The molecule has 156 valence electrons. The molecule has 1 unspecified atom stereocenters. The summed E-state index contributed by atoms with van der Waals surface area (Å²) in [4.78, 5) is 14.9. The molecule has 4 rings (SSSR count). The lowest BCUT2D eigenvalue weighted by Gasteiger charge is -2.28. The number of carbonyl (C=O) groups excluding carboxylic acids is 1. The highest BCUT2D eigenvalue weighted by atomic mass is 32.2. The van der Waals surface area contributed by atoms with E-state index in [0.717, 1.165) is 32.0 Å². The Hall–Kier alpha value is -2.98. The molecule has 3 aromatic rings. The van der Waals surface area contributed by atoms with Gasteiger partial charge >= 0.3 is 0 Å². The maximum Gasteiger partial charge on any atom is 0.237 e. The minimum absolute atomic E-state index is 0.173. The van der Waals surface area contributed by atoms with Crippen LogP contribution in [0.1, 0.15) is 6.92 Å². The molecule has 0 aliphatic carbocycles. The van der Waals surface area contributed by atoms with E-state index in [1.807, 2.05) is 24.3 Å². The number of carbonyl (C=O) groups is 1. The van der Waals surface area contributed by atoms with Gasteiger partial charge in [-0.15, -0.1) is 5.10 Å². The van der Waals surface area contributed by atoms with E-state index >= 15 is 0 Å². The Bertz CT molecular complexity index is 1010. The lowest BCUT2D eigenvalue weighted by atomic mass is 10.2. The van der Waals surface area contributed by atoms with E-state index in [9.17, 15) is 9.18 Å². The van der Waals surface area contributed by atoms with Crippen LogP contribution in [0.3, 0.4) is 0 Å². The van der Waals surface area contributed by atoms with Crippen molar-refractivity contribution in [1.29, 1.82) is 0 Å². The Balaban J connectivity index is 1.38. The summed E-state index contributed by atoms with van der Waals surface area (Å²) in [5, 5.41) is 14.4. The number of tetrazole rings is 1. The highest BCUT2D eigenvalue weighted by molar-refractivity contribution is 8.00. The summed E-state index contributed by atoms with van der Waals surface area (Å²) < 4.78 is 20.3. The Morgan fingerprint density at radius 2 is 1.93 bits per heavy atom. The SMILES string of the molecule is CC(Sc1nnnn1-c1cccc(F)c1)C(=O)Nc1ccc(N2CCOCC2)cc1. The number of benzene rings is 2. The molecule has 0 bridgehead atoms. The first-order valence-corrected chi connectivity index (χ1v) is 10.4. The number of halogens is 1. The van der Waals surface area contributed by atoms with Gasteiger partial charge < -0.3 is 15.0 Å². The second kappa shape index (κ2) is 9.23. The summed E-state index contributed by atoms with van der Waals surface area (Å²) in [5.41, 5.74) is 2.32. The van der Waals surface area contributed by atoms with Gasteiger partial charge in [0.25, 0.3) is 0 Å². The van der Waals surface area contributed by atoms with Crippen LogP contribution in [0.15, 0.2) is 53.7 Å². The van der Waals surface area contributed by atoms with Crippen LogP contribution in [0.4, 0.5) is 15.8 Å². The summed E-state index contributed by atoms with van der Waals surface area (Å²) in [6.45, 7) is 4.94. The largest absolute Gasteiger partial charge is 0.378 e. The molecule has 1 aromatic heterocycles. The smallest absolute Gasteiger partial charge is 0.237 e. The number of morpholine rings is 1. The predicted octanol–water partition coefficient (Wildman–Crippen LogP) is 2.76. The maximum absolute atomic E-state index is 13.5. The molecule has 8 nitrogen and oxygen atoms in total. The monoisotopic (exact) mass is 428 g/mol. The second-order valence-electron chi connectivity index (χ2n) is 6.75. The molecule has 30 heavy (non-hydrogen) atoms. The van der Waals surface area contributed by atoms with Gasteiger partial charge in [0.1, 0.15) is 5.82 Å². The summed E-state index contributed by atoms with van der Waals surface area (Å²) in [5.74, 6) is -0.557. The molecule has 1 aliphatic heterocycles. The van der Waals surface area contributed by atoms with Crippen LogP contribution in [0, 0.1) is 5.82 Å². The van der Waals surface area contributed by atoms with E-state index in [4.69, 9.17) is 4.74 Å². The molecule has 0 radical (unpaired) electrons. The lowest BCUT2D eigenvalue weighted by molar-refractivity contribution is -0.115. The van der Waals surface area contributed by atoms with E-state index in [1.165, 1.54) is 28.6 Å². The normalized spacial score (nSPS) is 15.1. The van der Waals surface area contributed by atoms with Crippen molar-refractivity contribution in [3.8, 4) is 5.69 Å². The number of nitrogens with one attached hydrogen (secondary N) is 1. The Labute approximate surface area is 177 Å². The molecule has 1 N–H and O–H groups in total. The van der Waals surface area contributed by atoms with Crippen molar-refractivity contribution in [1.82, 2.24) is 20.2 Å². The number of aromatic nitrogens is 4. The van der Waals surface area contributed by atoms with Crippen LogP contribution >= 0.6 is 11.8 Å². The highest BCUT2D eigenvalue weighted by Crippen LogP contribution is 2.25. The minimum atomic E-state index is -0.456. The average Bonchev–Trinajstić information content (AvgIpc) is 3.23. The van der Waals surface area contributed by atoms with E-state index in [1.54, 1.807) is 19.1 Å². The van der Waals surface area contributed by atoms with Crippen molar-refractivity contribution in [2.75, 3.05) is 36.5 Å². The van der Waals surface area contributed by atoms with E-state index in [2.05, 4.69) is 25.7 Å². The summed E-state index contributed by atoms with van der Waals surface area (Å²) in [6, 6.07) is 13.7. The zero-order chi connectivity index (χ0) is 20.9. The molecule has 2 heterocycles. The fourth-order valence-corrected chi connectivity index (χ4v) is 3.86. The fraction of sp³-hybridized carbons (Fsp3) is 0.300. The van der Waals surface area contributed by atoms with Gasteiger partial charge in [-0.25, -0.2) is 4.39 Å². The van der Waals surface area contributed by atoms with E-state index in [0.29, 0.717) is 16.5 Å². The van der Waals surface area contributed by atoms with Gasteiger partial charge in [0.15, 0.2) is 0 Å². The first-order chi connectivity index (χ1) is 14.6. The number of rotatable bonds is 6. The quantitative estimate of drug-likeness (QED) is 0.604. The molecule has 1 aliphatic rings. The average molecular weight is 428 g/mol. The molecule has 1 amide bonds. The van der Waals surface area contributed by atoms with Crippen LogP contribution in [0.5, 0.6) is 0 Å². The van der Waals surface area contributed by atoms with Gasteiger partial charge in [-0.1, -0.05) is 17.8 Å². The van der Waals surface area contributed by atoms with Crippen molar-refractivity contribution >= 4 is 29.0 Å². The topological polar surface area (TPSA) is 85.2 Å². The van der Waals surface area contributed by atoms with Gasteiger partial charge in [0, 0.05) is 24.5 Å². The molecule has 0 saturated carbocycles. The standard InChI is InChI=1S/C20H21FN6O2S/c1-14(30-20-23-24-25-27(20)18-4-2-3-15(21)13-18)19(28)22-16-5-7-17(8-6-16)26-9-11-29-12-10-26/h2-8,13-14H,9-12H2,1H3,(H,22,28). The van der Waals surface area contributed by atoms with Crippen molar-refractivity contribution < 1.29 is 13.9 Å². The number of hydrogen-bond acceptors (Lipinski definition) is 7. The highest BCUT2D eigenvalue weighted by Gasteiger charge is 2.20. The number of nitrogens with zero attached hydrogens (tertiary/aromatic N) is 5. The summed E-state index contributed by atoms with van der Waals surface area (Å²) in [6.07, 6.45) is 0. The number of anilines is 2. The second-order valence-corrected chi connectivity index (χ2v) is 8.06. The van der Waals surface area contributed by atoms with Crippen LogP contribution in [0.2, 0.25) is 0 Å². The fourth-order valence-electron chi connectivity index (χ4n) is 3.05. The zero-order valence-corrected chi connectivity index (χ0v) is 17.2. The summed E-state index contributed by atoms with van der Waals surface area (Å²) in [7, 11) is 0.